The maximum absolute atomic E-state index is 12.3. The Morgan fingerprint density at radius 2 is 1.30 bits per heavy atom. The van der Waals surface area contributed by atoms with Gasteiger partial charge in [0.25, 0.3) is 0 Å². The van der Waals surface area contributed by atoms with E-state index in [0.717, 1.165) is 32.1 Å². The Balaban J connectivity index is 4.39. The van der Waals surface area contributed by atoms with Gasteiger partial charge in [-0.05, 0) is 12.8 Å². The summed E-state index contributed by atoms with van der Waals surface area (Å²) >= 11 is 0. The van der Waals surface area contributed by atoms with Crippen molar-refractivity contribution in [3.8, 4) is 0 Å². The minimum absolute atomic E-state index is 0.143. The van der Waals surface area contributed by atoms with Gasteiger partial charge in [0.2, 0.25) is 5.91 Å². The molecule has 0 aromatic heterocycles. The molecule has 5 atom stereocenters. The molecule has 0 aromatic carbocycles. The first-order valence-corrected chi connectivity index (χ1v) is 14.7. The van der Waals surface area contributed by atoms with Gasteiger partial charge in [0.1, 0.15) is 18.3 Å². The Hall–Kier alpha value is -1.03. The fourth-order valence-corrected chi connectivity index (χ4v) is 4.15. The number of nitrogens with one attached hydrogen (secondary N) is 1. The van der Waals surface area contributed by atoms with E-state index in [-0.39, 0.29) is 25.5 Å². The molecular formula is C29H57NO7. The number of hydrogen-bond donors (Lipinski definition) is 6. The summed E-state index contributed by atoms with van der Waals surface area (Å²) < 4.78 is 5.39. The zero-order valence-electron chi connectivity index (χ0n) is 23.5. The van der Waals surface area contributed by atoms with Crippen LogP contribution < -0.4 is 5.32 Å². The van der Waals surface area contributed by atoms with Crippen LogP contribution in [0.4, 0.5) is 0 Å². The third-order valence-electron chi connectivity index (χ3n) is 6.65. The van der Waals surface area contributed by atoms with Crippen LogP contribution in [-0.4, -0.2) is 81.7 Å². The molecule has 37 heavy (non-hydrogen) atoms. The zero-order chi connectivity index (χ0) is 27.7. The van der Waals surface area contributed by atoms with Crippen LogP contribution in [0.5, 0.6) is 0 Å². The lowest BCUT2D eigenvalue weighted by molar-refractivity contribution is -0.124. The molecular weight excluding hydrogens is 474 g/mol. The van der Waals surface area contributed by atoms with Gasteiger partial charge in [-0.15, -0.1) is 0 Å². The summed E-state index contributed by atoms with van der Waals surface area (Å²) in [5.41, 5.74) is 0. The van der Waals surface area contributed by atoms with Gasteiger partial charge in [0.15, 0.2) is 0 Å². The summed E-state index contributed by atoms with van der Waals surface area (Å²) in [5, 5.41) is 52.1. The number of unbranched alkanes of at least 4 members (excludes halogenated alkanes) is 12. The smallest absolute Gasteiger partial charge is 0.224 e. The number of aliphatic hydroxyl groups is 5. The molecule has 0 spiro atoms. The quantitative estimate of drug-likeness (QED) is 0.0738. The third kappa shape index (κ3) is 20.6. The van der Waals surface area contributed by atoms with Crippen LogP contribution in [0.1, 0.15) is 117 Å². The van der Waals surface area contributed by atoms with Crippen molar-refractivity contribution in [2.45, 2.75) is 147 Å². The molecule has 0 aliphatic heterocycles. The average Bonchev–Trinajstić information content (AvgIpc) is 2.89. The monoisotopic (exact) mass is 531 g/mol. The normalized spacial score (nSPS) is 16.0. The second-order valence-corrected chi connectivity index (χ2v) is 10.2. The SMILES string of the molecule is CCC/C=C\CC(=O)N[C@@H](COCC(O)[C@@H](O)CO)[C@H](O)[C@H](O)CCCCCCCCCCCCCC. The lowest BCUT2D eigenvalue weighted by Gasteiger charge is -2.28. The summed E-state index contributed by atoms with van der Waals surface area (Å²) in [6.07, 6.45) is 15.9. The van der Waals surface area contributed by atoms with Gasteiger partial charge >= 0.3 is 0 Å². The van der Waals surface area contributed by atoms with Gasteiger partial charge in [-0.3, -0.25) is 4.79 Å². The van der Waals surface area contributed by atoms with Gasteiger partial charge in [-0.2, -0.15) is 0 Å². The predicted octanol–water partition coefficient (Wildman–Crippen LogP) is 3.76. The van der Waals surface area contributed by atoms with Gasteiger partial charge in [-0.25, -0.2) is 0 Å². The van der Waals surface area contributed by atoms with Crippen LogP contribution in [0.2, 0.25) is 0 Å². The Bertz CT molecular complexity index is 546. The molecule has 6 N–H and O–H groups in total. The highest BCUT2D eigenvalue weighted by atomic mass is 16.5. The second-order valence-electron chi connectivity index (χ2n) is 10.2. The highest BCUT2D eigenvalue weighted by Gasteiger charge is 2.28. The molecule has 220 valence electrons. The molecule has 0 radical (unpaired) electrons. The molecule has 8 nitrogen and oxygen atoms in total. The van der Waals surface area contributed by atoms with Crippen molar-refractivity contribution in [3.63, 3.8) is 0 Å². The fraction of sp³-hybridized carbons (Fsp3) is 0.897. The lowest BCUT2D eigenvalue weighted by atomic mass is 9.99. The Labute approximate surface area is 225 Å². The first-order valence-electron chi connectivity index (χ1n) is 14.7. The second kappa shape index (κ2) is 25.3. The maximum Gasteiger partial charge on any atom is 0.224 e. The molecule has 0 bridgehead atoms. The Morgan fingerprint density at radius 3 is 1.84 bits per heavy atom. The van der Waals surface area contributed by atoms with E-state index in [2.05, 4.69) is 12.2 Å². The minimum atomic E-state index is -1.34. The fourth-order valence-electron chi connectivity index (χ4n) is 4.15. The molecule has 0 aliphatic carbocycles. The van der Waals surface area contributed by atoms with Crippen LogP contribution in [0.3, 0.4) is 0 Å². The number of aliphatic hydroxyl groups excluding tert-OH is 5. The number of allylic oxidation sites excluding steroid dienone is 1. The van der Waals surface area contributed by atoms with Crippen LogP contribution >= 0.6 is 0 Å². The molecule has 0 heterocycles. The van der Waals surface area contributed by atoms with Gasteiger partial charge in [0.05, 0.1) is 32.0 Å². The van der Waals surface area contributed by atoms with Crippen molar-refractivity contribution in [2.75, 3.05) is 19.8 Å². The van der Waals surface area contributed by atoms with Crippen LogP contribution in [-0.2, 0) is 9.53 Å². The van der Waals surface area contributed by atoms with Crippen LogP contribution in [0.25, 0.3) is 0 Å². The number of hydrogen-bond acceptors (Lipinski definition) is 7. The van der Waals surface area contributed by atoms with Gasteiger partial charge < -0.3 is 35.6 Å². The van der Waals surface area contributed by atoms with E-state index in [1.165, 1.54) is 57.8 Å². The zero-order valence-corrected chi connectivity index (χ0v) is 23.5. The minimum Gasteiger partial charge on any atom is -0.394 e. The molecule has 0 saturated carbocycles. The molecule has 0 aromatic rings. The van der Waals surface area contributed by atoms with Crippen molar-refractivity contribution in [1.29, 1.82) is 0 Å². The number of amides is 1. The summed E-state index contributed by atoms with van der Waals surface area (Å²) in [7, 11) is 0. The van der Waals surface area contributed by atoms with Crippen molar-refractivity contribution in [1.82, 2.24) is 5.32 Å². The molecule has 0 rings (SSSR count). The topological polar surface area (TPSA) is 139 Å². The standard InChI is InChI=1S/C29H57NO7/c1-3-5-7-9-10-11-12-13-14-15-16-17-19-25(32)29(36)24(22-37-23-27(34)26(33)21-31)30-28(35)20-18-8-6-4-2/h8,18,24-27,29,31-34,36H,3-7,9-17,19-23H2,1-2H3,(H,30,35)/b18-8-/t24-,25+,26-,27?,29-/m0/s1. The lowest BCUT2D eigenvalue weighted by Crippen LogP contribution is -2.51. The first-order chi connectivity index (χ1) is 17.9. The summed E-state index contributed by atoms with van der Waals surface area (Å²) in [5.74, 6) is -0.298. The molecule has 1 unspecified atom stereocenters. The largest absolute Gasteiger partial charge is 0.394 e. The molecule has 1 amide bonds. The van der Waals surface area contributed by atoms with E-state index in [9.17, 15) is 25.2 Å². The van der Waals surface area contributed by atoms with Crippen molar-refractivity contribution < 1.29 is 35.1 Å². The predicted molar refractivity (Wildman–Crippen MR) is 148 cm³/mol. The van der Waals surface area contributed by atoms with E-state index in [1.54, 1.807) is 6.08 Å². The molecule has 0 fully saturated rings. The van der Waals surface area contributed by atoms with Crippen molar-refractivity contribution in [3.05, 3.63) is 12.2 Å². The van der Waals surface area contributed by atoms with Crippen molar-refractivity contribution in [2.24, 2.45) is 0 Å². The highest BCUT2D eigenvalue weighted by Crippen LogP contribution is 2.15. The summed E-state index contributed by atoms with van der Waals surface area (Å²) in [6, 6.07) is -0.863. The van der Waals surface area contributed by atoms with E-state index in [4.69, 9.17) is 9.84 Å². The summed E-state index contributed by atoms with van der Waals surface area (Å²) in [6.45, 7) is 3.27. The molecule has 0 aliphatic rings. The Morgan fingerprint density at radius 1 is 0.730 bits per heavy atom. The van der Waals surface area contributed by atoms with Gasteiger partial charge in [-0.1, -0.05) is 109 Å². The Kier molecular flexibility index (Phi) is 24.6. The van der Waals surface area contributed by atoms with E-state index >= 15 is 0 Å². The van der Waals surface area contributed by atoms with Crippen LogP contribution in [0, 0.1) is 0 Å². The van der Waals surface area contributed by atoms with Crippen molar-refractivity contribution >= 4 is 5.91 Å². The van der Waals surface area contributed by atoms with Crippen LogP contribution in [0.15, 0.2) is 12.2 Å². The maximum atomic E-state index is 12.3. The van der Waals surface area contributed by atoms with Gasteiger partial charge in [0, 0.05) is 6.42 Å². The third-order valence-corrected chi connectivity index (χ3v) is 6.65. The number of carbonyl (C=O) groups is 1. The highest BCUT2D eigenvalue weighted by molar-refractivity contribution is 5.77. The molecule has 0 saturated heterocycles. The molecule has 8 heteroatoms. The van der Waals surface area contributed by atoms with E-state index in [0.29, 0.717) is 6.42 Å². The number of rotatable bonds is 26. The van der Waals surface area contributed by atoms with E-state index < -0.39 is 37.1 Å². The first kappa shape index (κ1) is 36.0. The van der Waals surface area contributed by atoms with E-state index in [1.807, 2.05) is 13.0 Å². The number of carbonyl (C=O) groups excluding carboxylic acids is 1. The summed E-state index contributed by atoms with van der Waals surface area (Å²) in [4.78, 5) is 12.3. The number of ether oxygens (including phenoxy) is 1. The average molecular weight is 532 g/mol.